The third kappa shape index (κ3) is 4.18. The average Bonchev–Trinajstić information content (AvgIpc) is 3.37. The maximum absolute atomic E-state index is 8.92. The topological polar surface area (TPSA) is 70.1 Å². The Labute approximate surface area is 138 Å². The van der Waals surface area contributed by atoms with E-state index in [2.05, 4.69) is 48.7 Å². The number of rotatable bonds is 7. The zero-order valence-electron chi connectivity index (χ0n) is 12.2. The first-order valence-corrected chi connectivity index (χ1v) is 8.26. The van der Waals surface area contributed by atoms with Gasteiger partial charge in [0, 0.05) is 29.5 Å². The SMILES string of the molecule is OCCNc1nc(NCc2ccc(Br)cc2)cc(C2CC2)n1. The number of benzene rings is 1. The number of aliphatic hydroxyl groups excluding tert-OH is 1. The van der Waals surface area contributed by atoms with Crippen molar-refractivity contribution in [3.8, 4) is 0 Å². The number of nitrogens with zero attached hydrogens (tertiary/aromatic N) is 2. The Morgan fingerprint density at radius 1 is 1.14 bits per heavy atom. The lowest BCUT2D eigenvalue weighted by atomic mass is 10.2. The third-order valence-corrected chi connectivity index (χ3v) is 4.05. The van der Waals surface area contributed by atoms with Crippen LogP contribution in [0.5, 0.6) is 0 Å². The van der Waals surface area contributed by atoms with Crippen LogP contribution in [0.25, 0.3) is 0 Å². The van der Waals surface area contributed by atoms with E-state index in [0.29, 0.717) is 25.0 Å². The molecule has 0 atom stereocenters. The molecule has 0 amide bonds. The molecule has 1 fully saturated rings. The van der Waals surface area contributed by atoms with Crippen molar-refractivity contribution in [1.82, 2.24) is 9.97 Å². The van der Waals surface area contributed by atoms with E-state index < -0.39 is 0 Å². The highest BCUT2D eigenvalue weighted by atomic mass is 79.9. The molecule has 0 spiro atoms. The van der Waals surface area contributed by atoms with Gasteiger partial charge in [-0.15, -0.1) is 0 Å². The summed E-state index contributed by atoms with van der Waals surface area (Å²) in [6, 6.07) is 10.2. The fourth-order valence-electron chi connectivity index (χ4n) is 2.19. The molecule has 1 aromatic heterocycles. The van der Waals surface area contributed by atoms with Gasteiger partial charge in [0.25, 0.3) is 0 Å². The van der Waals surface area contributed by atoms with Crippen LogP contribution in [-0.4, -0.2) is 28.2 Å². The molecule has 1 heterocycles. The minimum atomic E-state index is 0.0681. The highest BCUT2D eigenvalue weighted by Gasteiger charge is 2.26. The standard InChI is InChI=1S/C16H19BrN4O/c17-13-5-1-11(2-6-13)10-19-15-9-14(12-3-4-12)20-16(21-15)18-7-8-22/h1-2,5-6,9,12,22H,3-4,7-8,10H2,(H2,18,19,20,21). The van der Waals surface area contributed by atoms with Gasteiger partial charge in [0.1, 0.15) is 5.82 Å². The second-order valence-corrected chi connectivity index (χ2v) is 6.32. The van der Waals surface area contributed by atoms with Crippen LogP contribution in [0.3, 0.4) is 0 Å². The van der Waals surface area contributed by atoms with Gasteiger partial charge in [-0.25, -0.2) is 4.98 Å². The molecule has 0 saturated heterocycles. The van der Waals surface area contributed by atoms with Gasteiger partial charge in [0.2, 0.25) is 5.95 Å². The van der Waals surface area contributed by atoms with Crippen LogP contribution in [0, 0.1) is 0 Å². The summed E-state index contributed by atoms with van der Waals surface area (Å²) in [5.41, 5.74) is 2.27. The molecule has 0 aliphatic heterocycles. The monoisotopic (exact) mass is 362 g/mol. The van der Waals surface area contributed by atoms with Crippen LogP contribution in [0.1, 0.15) is 30.0 Å². The summed E-state index contributed by atoms with van der Waals surface area (Å²) < 4.78 is 1.07. The van der Waals surface area contributed by atoms with Crippen LogP contribution in [0.4, 0.5) is 11.8 Å². The van der Waals surface area contributed by atoms with Crippen LogP contribution in [-0.2, 0) is 6.54 Å². The first-order valence-electron chi connectivity index (χ1n) is 7.46. The first-order chi connectivity index (χ1) is 10.7. The van der Waals surface area contributed by atoms with Crippen LogP contribution in [0.2, 0.25) is 0 Å². The molecule has 1 aliphatic rings. The van der Waals surface area contributed by atoms with Gasteiger partial charge in [-0.2, -0.15) is 4.98 Å². The summed E-state index contributed by atoms with van der Waals surface area (Å²) in [6.45, 7) is 1.24. The molecule has 1 aromatic carbocycles. The lowest BCUT2D eigenvalue weighted by Gasteiger charge is -2.11. The van der Waals surface area contributed by atoms with Crippen LogP contribution < -0.4 is 10.6 Å². The molecule has 1 aliphatic carbocycles. The zero-order valence-corrected chi connectivity index (χ0v) is 13.8. The molecule has 1 saturated carbocycles. The van der Waals surface area contributed by atoms with E-state index >= 15 is 0 Å². The Balaban J connectivity index is 1.70. The van der Waals surface area contributed by atoms with Crippen molar-refractivity contribution in [3.63, 3.8) is 0 Å². The largest absolute Gasteiger partial charge is 0.395 e. The number of halogens is 1. The van der Waals surface area contributed by atoms with Gasteiger partial charge in [-0.1, -0.05) is 28.1 Å². The van der Waals surface area contributed by atoms with Crippen molar-refractivity contribution in [3.05, 3.63) is 46.1 Å². The summed E-state index contributed by atoms with van der Waals surface area (Å²) in [7, 11) is 0. The molecular formula is C16H19BrN4O. The molecule has 2 aromatic rings. The second-order valence-electron chi connectivity index (χ2n) is 5.41. The van der Waals surface area contributed by atoms with Gasteiger partial charge < -0.3 is 15.7 Å². The molecule has 6 heteroatoms. The summed E-state index contributed by atoms with van der Waals surface area (Å²) in [5.74, 6) is 1.96. The number of aliphatic hydroxyl groups is 1. The first kappa shape index (κ1) is 15.2. The van der Waals surface area contributed by atoms with E-state index in [-0.39, 0.29) is 6.61 Å². The molecule has 0 unspecified atom stereocenters. The maximum atomic E-state index is 8.92. The van der Waals surface area contributed by atoms with E-state index in [4.69, 9.17) is 5.11 Å². The van der Waals surface area contributed by atoms with Gasteiger partial charge in [-0.05, 0) is 30.5 Å². The molecule has 0 radical (unpaired) electrons. The number of hydrogen-bond acceptors (Lipinski definition) is 5. The maximum Gasteiger partial charge on any atom is 0.224 e. The Bertz CT molecular complexity index is 629. The van der Waals surface area contributed by atoms with Crippen molar-refractivity contribution >= 4 is 27.7 Å². The van der Waals surface area contributed by atoms with Gasteiger partial charge in [0.15, 0.2) is 0 Å². The van der Waals surface area contributed by atoms with E-state index in [1.165, 1.54) is 18.4 Å². The molecule has 3 rings (SSSR count). The quantitative estimate of drug-likeness (QED) is 0.705. The van der Waals surface area contributed by atoms with E-state index in [1.54, 1.807) is 0 Å². The number of aromatic nitrogens is 2. The molecule has 22 heavy (non-hydrogen) atoms. The molecule has 116 valence electrons. The number of hydrogen-bond donors (Lipinski definition) is 3. The average molecular weight is 363 g/mol. The van der Waals surface area contributed by atoms with E-state index in [1.807, 2.05) is 18.2 Å². The Hall–Kier alpha value is -1.66. The Morgan fingerprint density at radius 3 is 2.59 bits per heavy atom. The minimum Gasteiger partial charge on any atom is -0.395 e. The highest BCUT2D eigenvalue weighted by Crippen LogP contribution is 2.39. The van der Waals surface area contributed by atoms with Crippen molar-refractivity contribution in [2.45, 2.75) is 25.3 Å². The zero-order chi connectivity index (χ0) is 15.4. The number of anilines is 2. The summed E-state index contributed by atoms with van der Waals surface area (Å²) in [5, 5.41) is 15.3. The Morgan fingerprint density at radius 2 is 1.91 bits per heavy atom. The fourth-order valence-corrected chi connectivity index (χ4v) is 2.45. The van der Waals surface area contributed by atoms with Crippen molar-refractivity contribution in [1.29, 1.82) is 0 Å². The molecular weight excluding hydrogens is 344 g/mol. The van der Waals surface area contributed by atoms with E-state index in [9.17, 15) is 0 Å². The summed E-state index contributed by atoms with van der Waals surface area (Å²) >= 11 is 3.44. The van der Waals surface area contributed by atoms with Crippen LogP contribution >= 0.6 is 15.9 Å². The number of nitrogens with one attached hydrogen (secondary N) is 2. The van der Waals surface area contributed by atoms with Crippen molar-refractivity contribution in [2.75, 3.05) is 23.8 Å². The molecule has 0 bridgehead atoms. The van der Waals surface area contributed by atoms with E-state index in [0.717, 1.165) is 16.0 Å². The second kappa shape index (κ2) is 7.07. The molecule has 5 nitrogen and oxygen atoms in total. The predicted octanol–water partition coefficient (Wildman–Crippen LogP) is 3.13. The third-order valence-electron chi connectivity index (χ3n) is 3.52. The van der Waals surface area contributed by atoms with Crippen molar-refractivity contribution < 1.29 is 5.11 Å². The predicted molar refractivity (Wildman–Crippen MR) is 91.1 cm³/mol. The van der Waals surface area contributed by atoms with Crippen LogP contribution in [0.15, 0.2) is 34.8 Å². The van der Waals surface area contributed by atoms with Gasteiger partial charge in [-0.3, -0.25) is 0 Å². The fraction of sp³-hybridized carbons (Fsp3) is 0.375. The summed E-state index contributed by atoms with van der Waals surface area (Å²) in [4.78, 5) is 8.98. The smallest absolute Gasteiger partial charge is 0.224 e. The minimum absolute atomic E-state index is 0.0681. The lowest BCUT2D eigenvalue weighted by molar-refractivity contribution is 0.311. The van der Waals surface area contributed by atoms with Gasteiger partial charge in [0.05, 0.1) is 12.3 Å². The van der Waals surface area contributed by atoms with Gasteiger partial charge >= 0.3 is 0 Å². The summed E-state index contributed by atoms with van der Waals surface area (Å²) in [6.07, 6.45) is 2.39. The Kier molecular flexibility index (Phi) is 4.90. The molecule has 3 N–H and O–H groups in total. The lowest BCUT2D eigenvalue weighted by Crippen LogP contribution is -2.11. The van der Waals surface area contributed by atoms with Crippen molar-refractivity contribution in [2.24, 2.45) is 0 Å². The normalized spacial score (nSPS) is 13.9. The highest BCUT2D eigenvalue weighted by molar-refractivity contribution is 9.10.